The summed E-state index contributed by atoms with van der Waals surface area (Å²) in [6.07, 6.45) is 11.3. The molecule has 8 heteroatoms. The summed E-state index contributed by atoms with van der Waals surface area (Å²) in [5.74, 6) is 1.52. The van der Waals surface area contributed by atoms with Gasteiger partial charge in [0.1, 0.15) is 17.7 Å². The Kier molecular flexibility index (Phi) is 4.93. The molecule has 0 unspecified atom stereocenters. The van der Waals surface area contributed by atoms with Gasteiger partial charge in [0.2, 0.25) is 5.88 Å². The zero-order valence-electron chi connectivity index (χ0n) is 16.3. The van der Waals surface area contributed by atoms with Crippen LogP contribution >= 0.6 is 0 Å². The van der Waals surface area contributed by atoms with Crippen molar-refractivity contribution < 1.29 is 14.6 Å². The average molecular weight is 395 g/mol. The van der Waals surface area contributed by atoms with Gasteiger partial charge >= 0.3 is 0 Å². The molecule has 2 fully saturated rings. The van der Waals surface area contributed by atoms with Gasteiger partial charge in [-0.3, -0.25) is 4.98 Å². The number of hydrogen-bond acceptors (Lipinski definition) is 7. The number of morpholine rings is 1. The lowest BCUT2D eigenvalue weighted by molar-refractivity contribution is 0.121. The molecule has 3 aromatic heterocycles. The van der Waals surface area contributed by atoms with E-state index < -0.39 is 0 Å². The van der Waals surface area contributed by atoms with Crippen molar-refractivity contribution >= 4 is 16.7 Å². The van der Waals surface area contributed by atoms with E-state index in [9.17, 15) is 5.11 Å². The summed E-state index contributed by atoms with van der Waals surface area (Å²) < 4.78 is 14.0. The van der Waals surface area contributed by atoms with Gasteiger partial charge in [0.25, 0.3) is 0 Å². The lowest BCUT2D eigenvalue weighted by atomic mass is 9.93. The highest BCUT2D eigenvalue weighted by Crippen LogP contribution is 2.34. The first-order valence-corrected chi connectivity index (χ1v) is 10.2. The fourth-order valence-corrected chi connectivity index (χ4v) is 4.22. The maximum atomic E-state index is 9.94. The van der Waals surface area contributed by atoms with Crippen molar-refractivity contribution in [3.8, 4) is 11.6 Å². The lowest BCUT2D eigenvalue weighted by Gasteiger charge is -2.31. The van der Waals surface area contributed by atoms with Gasteiger partial charge in [-0.1, -0.05) is 0 Å². The number of nitrogens with zero attached hydrogens (tertiary/aromatic N) is 5. The van der Waals surface area contributed by atoms with E-state index >= 15 is 0 Å². The summed E-state index contributed by atoms with van der Waals surface area (Å²) in [6, 6.07) is 4.13. The molecule has 2 aliphatic rings. The minimum atomic E-state index is 0.104. The van der Waals surface area contributed by atoms with Crippen molar-refractivity contribution in [1.82, 2.24) is 19.5 Å². The predicted octanol–water partition coefficient (Wildman–Crippen LogP) is 2.93. The Hall–Kier alpha value is -2.87. The first-order chi connectivity index (χ1) is 14.3. The number of aromatic nitrogens is 4. The van der Waals surface area contributed by atoms with Crippen molar-refractivity contribution in [2.24, 2.45) is 0 Å². The van der Waals surface area contributed by atoms with Crippen molar-refractivity contribution in [2.45, 2.75) is 37.8 Å². The van der Waals surface area contributed by atoms with Crippen LogP contribution < -0.4 is 9.64 Å². The summed E-state index contributed by atoms with van der Waals surface area (Å²) in [4.78, 5) is 15.6. The van der Waals surface area contributed by atoms with Crippen molar-refractivity contribution in [2.75, 3.05) is 31.2 Å². The highest BCUT2D eigenvalue weighted by Gasteiger charge is 2.25. The number of anilines is 1. The summed E-state index contributed by atoms with van der Waals surface area (Å²) >= 11 is 0. The van der Waals surface area contributed by atoms with Crippen LogP contribution in [0, 0.1) is 0 Å². The van der Waals surface area contributed by atoms with Crippen molar-refractivity contribution in [1.29, 1.82) is 0 Å². The number of hydrogen-bond donors (Lipinski definition) is 1. The van der Waals surface area contributed by atoms with Gasteiger partial charge in [0.05, 0.1) is 36.6 Å². The van der Waals surface area contributed by atoms with Crippen LogP contribution in [0.4, 0.5) is 5.82 Å². The molecular weight excluding hydrogens is 370 g/mol. The SMILES string of the molecule is Oc1cnc2cc(N3CCOCC3)nc(O[C@H]3CC[C@@H](n4ccnc4)CC3)c2c1. The molecule has 0 bridgehead atoms. The molecule has 0 radical (unpaired) electrons. The van der Waals surface area contributed by atoms with Crippen LogP contribution in [0.5, 0.6) is 11.6 Å². The van der Waals surface area contributed by atoms with Crippen LogP contribution in [0.15, 0.2) is 37.1 Å². The molecule has 1 saturated carbocycles. The van der Waals surface area contributed by atoms with Gasteiger partial charge in [0.15, 0.2) is 0 Å². The number of rotatable bonds is 4. The molecule has 29 heavy (non-hydrogen) atoms. The number of fused-ring (bicyclic) bond motifs is 1. The minimum Gasteiger partial charge on any atom is -0.506 e. The van der Waals surface area contributed by atoms with Crippen molar-refractivity contribution in [3.05, 3.63) is 37.1 Å². The quantitative estimate of drug-likeness (QED) is 0.727. The Morgan fingerprint density at radius 2 is 1.93 bits per heavy atom. The molecule has 0 atom stereocenters. The molecule has 8 nitrogen and oxygen atoms in total. The second-order valence-electron chi connectivity index (χ2n) is 7.70. The Labute approximate surface area is 169 Å². The molecule has 152 valence electrons. The van der Waals surface area contributed by atoms with Gasteiger partial charge in [-0.15, -0.1) is 0 Å². The van der Waals surface area contributed by atoms with E-state index in [0.29, 0.717) is 25.1 Å². The Balaban J connectivity index is 1.38. The molecule has 0 amide bonds. The van der Waals surface area contributed by atoms with E-state index in [0.717, 1.165) is 55.5 Å². The van der Waals surface area contributed by atoms with Gasteiger partial charge in [0, 0.05) is 37.6 Å². The third-order valence-electron chi connectivity index (χ3n) is 5.82. The van der Waals surface area contributed by atoms with Crippen LogP contribution in [-0.2, 0) is 4.74 Å². The van der Waals surface area contributed by atoms with Crippen LogP contribution in [0.25, 0.3) is 10.9 Å². The second-order valence-corrected chi connectivity index (χ2v) is 7.70. The number of pyridine rings is 2. The van der Waals surface area contributed by atoms with E-state index in [2.05, 4.69) is 19.4 Å². The maximum Gasteiger partial charge on any atom is 0.225 e. The van der Waals surface area contributed by atoms with Gasteiger partial charge in [-0.2, -0.15) is 4.98 Å². The maximum absolute atomic E-state index is 9.94. The molecule has 1 aliphatic carbocycles. The highest BCUT2D eigenvalue weighted by molar-refractivity contribution is 5.86. The first kappa shape index (κ1) is 18.2. The average Bonchev–Trinajstić information content (AvgIpc) is 3.30. The number of ether oxygens (including phenoxy) is 2. The molecule has 1 N–H and O–H groups in total. The third-order valence-corrected chi connectivity index (χ3v) is 5.82. The minimum absolute atomic E-state index is 0.104. The largest absolute Gasteiger partial charge is 0.506 e. The molecular formula is C21H25N5O3. The Morgan fingerprint density at radius 1 is 1.10 bits per heavy atom. The smallest absolute Gasteiger partial charge is 0.225 e. The zero-order chi connectivity index (χ0) is 19.6. The highest BCUT2D eigenvalue weighted by atomic mass is 16.5. The van der Waals surface area contributed by atoms with Gasteiger partial charge < -0.3 is 24.0 Å². The van der Waals surface area contributed by atoms with E-state index in [1.165, 1.54) is 6.20 Å². The summed E-state index contributed by atoms with van der Waals surface area (Å²) in [7, 11) is 0. The van der Waals surface area contributed by atoms with E-state index in [1.54, 1.807) is 6.07 Å². The lowest BCUT2D eigenvalue weighted by Crippen LogP contribution is -2.36. The molecule has 0 aromatic carbocycles. The fourth-order valence-electron chi connectivity index (χ4n) is 4.22. The molecule has 0 spiro atoms. The molecule has 1 aliphatic heterocycles. The molecule has 1 saturated heterocycles. The van der Waals surface area contributed by atoms with E-state index in [1.807, 2.05) is 24.8 Å². The standard InChI is InChI=1S/C21H25N5O3/c27-16-11-18-19(23-13-16)12-20(25-7-9-28-10-8-25)24-21(18)29-17-3-1-15(2-4-17)26-6-5-22-14-26/h5-6,11-15,17,27H,1-4,7-10H2/t15-,17+. The van der Waals surface area contributed by atoms with Crippen molar-refractivity contribution in [3.63, 3.8) is 0 Å². The van der Waals surface area contributed by atoms with Crippen LogP contribution in [0.2, 0.25) is 0 Å². The molecule has 3 aromatic rings. The zero-order valence-corrected chi connectivity index (χ0v) is 16.3. The normalized spacial score (nSPS) is 22.7. The monoisotopic (exact) mass is 395 g/mol. The summed E-state index contributed by atoms with van der Waals surface area (Å²) in [6.45, 7) is 2.98. The topological polar surface area (TPSA) is 85.5 Å². The van der Waals surface area contributed by atoms with Gasteiger partial charge in [-0.05, 0) is 31.7 Å². The first-order valence-electron chi connectivity index (χ1n) is 10.2. The van der Waals surface area contributed by atoms with E-state index in [4.69, 9.17) is 14.5 Å². The number of imidazole rings is 1. The predicted molar refractivity (Wildman–Crippen MR) is 108 cm³/mol. The van der Waals surface area contributed by atoms with Crippen LogP contribution in [0.3, 0.4) is 0 Å². The van der Waals surface area contributed by atoms with Gasteiger partial charge in [-0.25, -0.2) is 4.98 Å². The Morgan fingerprint density at radius 3 is 2.69 bits per heavy atom. The second kappa shape index (κ2) is 7.87. The third kappa shape index (κ3) is 3.85. The molecule has 4 heterocycles. The van der Waals surface area contributed by atoms with Crippen LogP contribution in [-0.4, -0.2) is 57.0 Å². The summed E-state index contributed by atoms with van der Waals surface area (Å²) in [5.41, 5.74) is 0.779. The molecule has 5 rings (SSSR count). The fraction of sp³-hybridized carbons (Fsp3) is 0.476. The summed E-state index contributed by atoms with van der Waals surface area (Å²) in [5, 5.41) is 10.7. The number of aromatic hydroxyl groups is 1. The van der Waals surface area contributed by atoms with E-state index in [-0.39, 0.29) is 11.9 Å². The van der Waals surface area contributed by atoms with Crippen LogP contribution in [0.1, 0.15) is 31.7 Å². The Bertz CT molecular complexity index is 964.